The average Bonchev–Trinajstić information content (AvgIpc) is 3.70. The molecule has 2 heterocycles. The third-order valence-corrected chi connectivity index (χ3v) is 10.7. The maximum Gasteiger partial charge on any atom is 0.137 e. The second-order valence-electron chi connectivity index (χ2n) is 12.5. The Morgan fingerprint density at radius 2 is 1.16 bits per heavy atom. The first-order valence-corrected chi connectivity index (χ1v) is 17.5. The Hall–Kier alpha value is -5.90. The van der Waals surface area contributed by atoms with Gasteiger partial charge in [-0.3, -0.25) is 0 Å². The lowest BCUT2D eigenvalue weighted by Gasteiger charge is -2.26. The molecular formula is C46H33NOS. The number of hydrogen-bond acceptors (Lipinski definition) is 3. The van der Waals surface area contributed by atoms with E-state index >= 15 is 0 Å². The average molecular weight is 648 g/mol. The molecule has 0 N–H and O–H groups in total. The maximum absolute atomic E-state index is 6.38. The highest BCUT2D eigenvalue weighted by atomic mass is 32.1. The Labute approximate surface area is 289 Å². The van der Waals surface area contributed by atoms with Crippen molar-refractivity contribution < 1.29 is 4.42 Å². The predicted octanol–water partition coefficient (Wildman–Crippen LogP) is 14.1. The zero-order chi connectivity index (χ0) is 32.9. The molecule has 0 aliphatic heterocycles. The van der Waals surface area contributed by atoms with Crippen LogP contribution in [-0.4, -0.2) is 0 Å². The Kier molecular flexibility index (Phi) is 7.14. The Morgan fingerprint density at radius 1 is 0.510 bits per heavy atom. The molecule has 3 heteroatoms. The molecule has 0 fully saturated rings. The third kappa shape index (κ3) is 5.11. The lowest BCUT2D eigenvalue weighted by molar-refractivity contribution is 0.669. The quantitative estimate of drug-likeness (QED) is 0.179. The highest BCUT2D eigenvalue weighted by Crippen LogP contribution is 2.43. The predicted molar refractivity (Wildman–Crippen MR) is 212 cm³/mol. The van der Waals surface area contributed by atoms with Crippen LogP contribution in [0.3, 0.4) is 0 Å². The van der Waals surface area contributed by atoms with Gasteiger partial charge >= 0.3 is 0 Å². The van der Waals surface area contributed by atoms with Crippen molar-refractivity contribution in [1.29, 1.82) is 0 Å². The zero-order valence-corrected chi connectivity index (χ0v) is 28.2. The zero-order valence-electron chi connectivity index (χ0n) is 27.4. The standard InChI is InChI=1S/C46H33NOS/c1-3-11-31-12-10-19-38(30(31)2)34-15-8-13-32(26-34)33-14-9-16-35(27-33)47(36-22-24-40-39-17-4-6-20-43(39)48-44(40)28-36)37-23-25-42-41-18-5-7-21-45(41)49-46(42)29-37/h3-29H,1-2H3/b11-3-. The molecule has 0 saturated heterocycles. The SMILES string of the molecule is C/C=C\c1cccc(-c2cccc(-c3cccc(N(c4ccc5c(c4)oc4ccccc45)c4ccc5c(c4)sc4ccccc45)c3)c2)c1C. The fourth-order valence-corrected chi connectivity index (χ4v) is 8.31. The van der Waals surface area contributed by atoms with Crippen molar-refractivity contribution >= 4 is 76.6 Å². The van der Waals surface area contributed by atoms with Gasteiger partial charge in [0.05, 0.1) is 0 Å². The van der Waals surface area contributed by atoms with E-state index in [2.05, 4.69) is 170 Å². The van der Waals surface area contributed by atoms with Crippen molar-refractivity contribution in [3.8, 4) is 22.3 Å². The normalized spacial score (nSPS) is 11.8. The molecule has 2 aromatic heterocycles. The van der Waals surface area contributed by atoms with Crippen LogP contribution in [0.15, 0.2) is 162 Å². The lowest BCUT2D eigenvalue weighted by atomic mass is 9.93. The molecule has 2 nitrogen and oxygen atoms in total. The van der Waals surface area contributed by atoms with Gasteiger partial charge in [-0.05, 0) is 102 Å². The number of hydrogen-bond donors (Lipinski definition) is 0. The minimum absolute atomic E-state index is 0.881. The number of thiophene rings is 1. The molecule has 234 valence electrons. The number of para-hydroxylation sites is 1. The molecule has 0 unspecified atom stereocenters. The monoisotopic (exact) mass is 647 g/mol. The number of rotatable bonds is 6. The van der Waals surface area contributed by atoms with Gasteiger partial charge in [-0.1, -0.05) is 103 Å². The maximum atomic E-state index is 6.38. The van der Waals surface area contributed by atoms with Crippen LogP contribution in [-0.2, 0) is 0 Å². The van der Waals surface area contributed by atoms with Crippen LogP contribution >= 0.6 is 11.3 Å². The molecule has 49 heavy (non-hydrogen) atoms. The van der Waals surface area contributed by atoms with Gasteiger partial charge < -0.3 is 9.32 Å². The van der Waals surface area contributed by atoms with Crippen LogP contribution in [0.2, 0.25) is 0 Å². The summed E-state index contributed by atoms with van der Waals surface area (Å²) in [5.74, 6) is 0. The van der Waals surface area contributed by atoms with Crippen molar-refractivity contribution in [1.82, 2.24) is 0 Å². The minimum Gasteiger partial charge on any atom is -0.456 e. The number of anilines is 3. The van der Waals surface area contributed by atoms with E-state index < -0.39 is 0 Å². The fraction of sp³-hybridized carbons (Fsp3) is 0.0435. The summed E-state index contributed by atoms with van der Waals surface area (Å²) >= 11 is 1.84. The smallest absolute Gasteiger partial charge is 0.137 e. The van der Waals surface area contributed by atoms with Crippen molar-refractivity contribution in [2.45, 2.75) is 13.8 Å². The van der Waals surface area contributed by atoms with E-state index in [0.717, 1.165) is 39.0 Å². The summed E-state index contributed by atoms with van der Waals surface area (Å²) < 4.78 is 8.95. The molecule has 0 aliphatic carbocycles. The Morgan fingerprint density at radius 3 is 2.04 bits per heavy atom. The van der Waals surface area contributed by atoms with Crippen LogP contribution in [0.4, 0.5) is 17.1 Å². The minimum atomic E-state index is 0.881. The molecule has 7 aromatic carbocycles. The van der Waals surface area contributed by atoms with E-state index in [-0.39, 0.29) is 0 Å². The van der Waals surface area contributed by atoms with Crippen LogP contribution < -0.4 is 4.90 Å². The van der Waals surface area contributed by atoms with Crippen LogP contribution in [0.1, 0.15) is 18.1 Å². The van der Waals surface area contributed by atoms with Gasteiger partial charge in [0.15, 0.2) is 0 Å². The first-order valence-electron chi connectivity index (χ1n) is 16.7. The fourth-order valence-electron chi connectivity index (χ4n) is 7.17. The van der Waals surface area contributed by atoms with Crippen molar-refractivity contribution in [3.05, 3.63) is 169 Å². The second-order valence-corrected chi connectivity index (χ2v) is 13.6. The van der Waals surface area contributed by atoms with E-state index in [0.29, 0.717) is 0 Å². The largest absolute Gasteiger partial charge is 0.456 e. The van der Waals surface area contributed by atoms with Gasteiger partial charge in [0.25, 0.3) is 0 Å². The van der Waals surface area contributed by atoms with Crippen molar-refractivity contribution in [3.63, 3.8) is 0 Å². The molecule has 0 bridgehead atoms. The summed E-state index contributed by atoms with van der Waals surface area (Å²) in [4.78, 5) is 2.36. The number of benzene rings is 7. The van der Waals surface area contributed by atoms with Crippen LogP contribution in [0, 0.1) is 6.92 Å². The van der Waals surface area contributed by atoms with E-state index in [9.17, 15) is 0 Å². The van der Waals surface area contributed by atoms with Gasteiger partial charge in [-0.2, -0.15) is 0 Å². The molecule has 0 aliphatic rings. The molecule has 0 radical (unpaired) electrons. The van der Waals surface area contributed by atoms with Gasteiger partial charge in [-0.15, -0.1) is 11.3 Å². The Bertz CT molecular complexity index is 2600. The van der Waals surface area contributed by atoms with E-state index in [1.54, 1.807) is 0 Å². The van der Waals surface area contributed by atoms with E-state index in [1.165, 1.54) is 53.6 Å². The molecular weight excluding hydrogens is 615 g/mol. The number of furan rings is 1. The molecule has 0 saturated carbocycles. The summed E-state index contributed by atoms with van der Waals surface area (Å²) in [6.07, 6.45) is 4.28. The van der Waals surface area contributed by atoms with Gasteiger partial charge in [0.2, 0.25) is 0 Å². The molecule has 0 amide bonds. The summed E-state index contributed by atoms with van der Waals surface area (Å²) in [6, 6.07) is 54.7. The highest BCUT2D eigenvalue weighted by molar-refractivity contribution is 7.25. The van der Waals surface area contributed by atoms with Crippen molar-refractivity contribution in [2.75, 3.05) is 4.90 Å². The first-order chi connectivity index (χ1) is 24.1. The molecule has 9 rings (SSSR count). The summed E-state index contributed by atoms with van der Waals surface area (Å²) in [7, 11) is 0. The summed E-state index contributed by atoms with van der Waals surface area (Å²) in [5, 5.41) is 4.85. The summed E-state index contributed by atoms with van der Waals surface area (Å²) in [6.45, 7) is 4.28. The third-order valence-electron chi connectivity index (χ3n) is 9.57. The Balaban J connectivity index is 1.19. The van der Waals surface area contributed by atoms with E-state index in [4.69, 9.17) is 4.42 Å². The molecule has 9 aromatic rings. The number of fused-ring (bicyclic) bond motifs is 6. The van der Waals surface area contributed by atoms with E-state index in [1.807, 2.05) is 23.5 Å². The van der Waals surface area contributed by atoms with Gasteiger partial charge in [-0.25, -0.2) is 0 Å². The topological polar surface area (TPSA) is 16.4 Å². The number of nitrogens with zero attached hydrogens (tertiary/aromatic N) is 1. The van der Waals surface area contributed by atoms with Gasteiger partial charge in [0, 0.05) is 54.1 Å². The molecule has 0 atom stereocenters. The highest BCUT2D eigenvalue weighted by Gasteiger charge is 2.18. The van der Waals surface area contributed by atoms with Crippen LogP contribution in [0.25, 0.3) is 70.4 Å². The lowest BCUT2D eigenvalue weighted by Crippen LogP contribution is -2.09. The van der Waals surface area contributed by atoms with Crippen LogP contribution in [0.5, 0.6) is 0 Å². The van der Waals surface area contributed by atoms with Crippen molar-refractivity contribution in [2.24, 2.45) is 0 Å². The molecule has 0 spiro atoms. The number of allylic oxidation sites excluding steroid dienone is 1. The second kappa shape index (κ2) is 12.0. The van der Waals surface area contributed by atoms with Gasteiger partial charge in [0.1, 0.15) is 11.2 Å². The summed E-state index contributed by atoms with van der Waals surface area (Å²) in [5.41, 5.74) is 12.4. The first kappa shape index (κ1) is 29.3.